The van der Waals surface area contributed by atoms with E-state index in [-0.39, 0.29) is 6.42 Å². The van der Waals surface area contributed by atoms with Gasteiger partial charge in [-0.15, -0.1) is 6.58 Å². The van der Waals surface area contributed by atoms with E-state index >= 15 is 0 Å². The highest BCUT2D eigenvalue weighted by molar-refractivity contribution is 5.66. The minimum Gasteiger partial charge on any atom is -0.426 e. The van der Waals surface area contributed by atoms with E-state index in [1.165, 1.54) is 6.08 Å². The average Bonchev–Trinajstić information content (AvgIpc) is 2.44. The van der Waals surface area contributed by atoms with Crippen LogP contribution in [0, 0.1) is 0 Å². The fourth-order valence-electron chi connectivity index (χ4n) is 1.90. The van der Waals surface area contributed by atoms with Crippen molar-refractivity contribution in [3.63, 3.8) is 0 Å². The monoisotopic (exact) mass is 316 g/mol. The van der Waals surface area contributed by atoms with E-state index in [1.807, 2.05) is 30.3 Å². The van der Waals surface area contributed by atoms with Crippen LogP contribution in [0.4, 0.5) is 13.2 Å². The van der Waals surface area contributed by atoms with E-state index in [0.29, 0.717) is 12.8 Å². The third kappa shape index (κ3) is 6.76. The Kier molecular flexibility index (Phi) is 7.11. The van der Waals surface area contributed by atoms with Crippen molar-refractivity contribution in [1.82, 2.24) is 0 Å². The molecule has 0 radical (unpaired) electrons. The highest BCUT2D eigenvalue weighted by Gasteiger charge is 2.45. The van der Waals surface area contributed by atoms with Crippen LogP contribution in [0.25, 0.3) is 0 Å². The molecule has 0 aliphatic rings. The second-order valence-corrected chi connectivity index (χ2v) is 4.79. The zero-order valence-electron chi connectivity index (χ0n) is 12.3. The predicted molar refractivity (Wildman–Crippen MR) is 76.1 cm³/mol. The van der Waals surface area contributed by atoms with Gasteiger partial charge in [0.05, 0.1) is 6.10 Å². The molecule has 0 aliphatic carbocycles. The van der Waals surface area contributed by atoms with Crippen molar-refractivity contribution in [1.29, 1.82) is 0 Å². The lowest BCUT2D eigenvalue weighted by atomic mass is 10.0. The Morgan fingerprint density at radius 2 is 1.95 bits per heavy atom. The van der Waals surface area contributed by atoms with Crippen molar-refractivity contribution in [2.24, 2.45) is 0 Å². The molecule has 0 N–H and O–H groups in total. The van der Waals surface area contributed by atoms with Crippen molar-refractivity contribution >= 4 is 5.97 Å². The molecule has 0 saturated heterocycles. The summed E-state index contributed by atoms with van der Waals surface area (Å²) < 4.78 is 47.6. The Labute approximate surface area is 127 Å². The van der Waals surface area contributed by atoms with Gasteiger partial charge in [-0.3, -0.25) is 4.79 Å². The Morgan fingerprint density at radius 3 is 2.45 bits per heavy atom. The number of carbonyl (C=O) groups excluding carboxylic acids is 1. The van der Waals surface area contributed by atoms with Crippen molar-refractivity contribution in [3.05, 3.63) is 48.6 Å². The molecular weight excluding hydrogens is 297 g/mol. The molecule has 0 amide bonds. The highest BCUT2D eigenvalue weighted by atomic mass is 19.4. The smallest absolute Gasteiger partial charge is 0.426 e. The lowest BCUT2D eigenvalue weighted by Crippen LogP contribution is -2.38. The fourth-order valence-corrected chi connectivity index (χ4v) is 1.90. The molecule has 0 heterocycles. The molecule has 0 saturated carbocycles. The maximum Gasteiger partial charge on any atom is 0.452 e. The normalized spacial score (nSPS) is 14.2. The SMILES string of the molecule is C=CCC(CCc1ccccc1)OC(OC(C)=O)C(F)(F)F. The highest BCUT2D eigenvalue weighted by Crippen LogP contribution is 2.27. The molecule has 3 nitrogen and oxygen atoms in total. The van der Waals surface area contributed by atoms with Crippen LogP contribution in [0.15, 0.2) is 43.0 Å². The van der Waals surface area contributed by atoms with Gasteiger partial charge in [-0.05, 0) is 24.8 Å². The molecule has 0 aliphatic heterocycles. The molecule has 22 heavy (non-hydrogen) atoms. The number of ether oxygens (including phenoxy) is 2. The number of benzene rings is 1. The van der Waals surface area contributed by atoms with Crippen LogP contribution in [0.5, 0.6) is 0 Å². The summed E-state index contributed by atoms with van der Waals surface area (Å²) in [6, 6.07) is 9.35. The van der Waals surface area contributed by atoms with E-state index in [2.05, 4.69) is 11.3 Å². The summed E-state index contributed by atoms with van der Waals surface area (Å²) in [4.78, 5) is 10.8. The predicted octanol–water partition coefficient (Wildman–Crippen LogP) is 4.03. The van der Waals surface area contributed by atoms with Gasteiger partial charge in [0, 0.05) is 6.92 Å². The van der Waals surface area contributed by atoms with Crippen LogP contribution in [-0.2, 0) is 20.7 Å². The van der Waals surface area contributed by atoms with Crippen molar-refractivity contribution in [3.8, 4) is 0 Å². The maximum absolute atomic E-state index is 12.8. The second-order valence-electron chi connectivity index (χ2n) is 4.79. The summed E-state index contributed by atoms with van der Waals surface area (Å²) in [7, 11) is 0. The van der Waals surface area contributed by atoms with E-state index < -0.39 is 24.5 Å². The van der Waals surface area contributed by atoms with Crippen LogP contribution >= 0.6 is 0 Å². The van der Waals surface area contributed by atoms with Crippen molar-refractivity contribution in [2.75, 3.05) is 0 Å². The van der Waals surface area contributed by atoms with Gasteiger partial charge in [0.25, 0.3) is 6.29 Å². The van der Waals surface area contributed by atoms with Gasteiger partial charge >= 0.3 is 12.1 Å². The minimum absolute atomic E-state index is 0.237. The molecule has 0 aromatic heterocycles. The number of halogens is 3. The molecule has 2 unspecified atom stereocenters. The Hall–Kier alpha value is -1.82. The molecule has 1 rings (SSSR count). The van der Waals surface area contributed by atoms with Gasteiger partial charge in [0.2, 0.25) is 0 Å². The van der Waals surface area contributed by atoms with Crippen molar-refractivity contribution < 1.29 is 27.4 Å². The lowest BCUT2D eigenvalue weighted by molar-refractivity contribution is -0.310. The van der Waals surface area contributed by atoms with Crippen LogP contribution in [-0.4, -0.2) is 24.5 Å². The largest absolute Gasteiger partial charge is 0.452 e. The van der Waals surface area contributed by atoms with E-state index in [4.69, 9.17) is 4.74 Å². The van der Waals surface area contributed by atoms with Crippen LogP contribution < -0.4 is 0 Å². The number of aryl methyl sites for hydroxylation is 1. The summed E-state index contributed by atoms with van der Waals surface area (Å²) in [5.74, 6) is -1.04. The van der Waals surface area contributed by atoms with Gasteiger partial charge < -0.3 is 9.47 Å². The number of hydrogen-bond donors (Lipinski definition) is 0. The van der Waals surface area contributed by atoms with Gasteiger partial charge in [-0.1, -0.05) is 36.4 Å². The summed E-state index contributed by atoms with van der Waals surface area (Å²) in [5, 5.41) is 0. The molecule has 0 spiro atoms. The Bertz CT molecular complexity index is 471. The number of alkyl halides is 3. The summed E-state index contributed by atoms with van der Waals surface area (Å²) in [6.45, 7) is 4.43. The second kappa shape index (κ2) is 8.58. The van der Waals surface area contributed by atoms with Gasteiger partial charge in [0.1, 0.15) is 0 Å². The van der Waals surface area contributed by atoms with Gasteiger partial charge in [-0.2, -0.15) is 13.2 Å². The topological polar surface area (TPSA) is 35.5 Å². The standard InChI is InChI=1S/C16H19F3O3/c1-3-7-14(11-10-13-8-5-4-6-9-13)22-15(16(17,18)19)21-12(2)20/h3-6,8-9,14-15H,1,7,10-11H2,2H3. The fraction of sp³-hybridized carbons (Fsp3) is 0.438. The van der Waals surface area contributed by atoms with Crippen LogP contribution in [0.2, 0.25) is 0 Å². The minimum atomic E-state index is -4.77. The van der Waals surface area contributed by atoms with Crippen LogP contribution in [0.3, 0.4) is 0 Å². The number of rotatable bonds is 8. The summed E-state index contributed by atoms with van der Waals surface area (Å²) in [6.07, 6.45) is -5.40. The molecule has 1 aromatic rings. The van der Waals surface area contributed by atoms with E-state index in [9.17, 15) is 18.0 Å². The Morgan fingerprint density at radius 1 is 1.32 bits per heavy atom. The van der Waals surface area contributed by atoms with Gasteiger partial charge in [0.15, 0.2) is 0 Å². The zero-order chi connectivity index (χ0) is 16.6. The maximum atomic E-state index is 12.8. The molecule has 0 bridgehead atoms. The third-order valence-electron chi connectivity index (χ3n) is 2.88. The molecule has 122 valence electrons. The molecule has 2 atom stereocenters. The number of esters is 1. The Balaban J connectivity index is 2.67. The number of carbonyl (C=O) groups is 1. The third-order valence-corrected chi connectivity index (χ3v) is 2.88. The molecule has 6 heteroatoms. The number of hydrogen-bond acceptors (Lipinski definition) is 3. The first kappa shape index (κ1) is 18.2. The average molecular weight is 316 g/mol. The van der Waals surface area contributed by atoms with Crippen molar-refractivity contribution in [2.45, 2.75) is 44.8 Å². The summed E-state index contributed by atoms with van der Waals surface area (Å²) >= 11 is 0. The first-order valence-electron chi connectivity index (χ1n) is 6.87. The van der Waals surface area contributed by atoms with E-state index in [1.54, 1.807) is 0 Å². The van der Waals surface area contributed by atoms with E-state index in [0.717, 1.165) is 12.5 Å². The molecule has 1 aromatic carbocycles. The molecular formula is C16H19F3O3. The quantitative estimate of drug-likeness (QED) is 0.413. The first-order valence-corrected chi connectivity index (χ1v) is 6.87. The zero-order valence-corrected chi connectivity index (χ0v) is 12.3. The van der Waals surface area contributed by atoms with Crippen LogP contribution in [0.1, 0.15) is 25.3 Å². The lowest BCUT2D eigenvalue weighted by Gasteiger charge is -2.25. The molecule has 0 fully saturated rings. The van der Waals surface area contributed by atoms with Gasteiger partial charge in [-0.25, -0.2) is 0 Å². The first-order chi connectivity index (χ1) is 10.3. The summed E-state index contributed by atoms with van der Waals surface area (Å²) in [5.41, 5.74) is 0.996.